The number of hydrogen-bond donors (Lipinski definition) is 1. The molecule has 1 N–H and O–H groups in total. The van der Waals surface area contributed by atoms with Crippen LogP contribution in [0.15, 0.2) is 23.7 Å². The van der Waals surface area contributed by atoms with E-state index in [1.807, 2.05) is 0 Å². The number of aliphatic hydroxyl groups is 1. The highest BCUT2D eigenvalue weighted by molar-refractivity contribution is 5.87. The van der Waals surface area contributed by atoms with E-state index < -0.39 is 5.97 Å². The quantitative estimate of drug-likeness (QED) is 0.562. The summed E-state index contributed by atoms with van der Waals surface area (Å²) in [6.45, 7) is 0.286. The van der Waals surface area contributed by atoms with Gasteiger partial charge in [-0.15, -0.1) is 0 Å². The molecule has 60 valence electrons. The summed E-state index contributed by atoms with van der Waals surface area (Å²) >= 11 is 0. The fourth-order valence-corrected chi connectivity index (χ4v) is 0.697. The van der Waals surface area contributed by atoms with E-state index in [0.29, 0.717) is 0 Å². The highest BCUT2D eigenvalue weighted by Gasteiger charge is 2.17. The molecule has 0 aromatic heterocycles. The van der Waals surface area contributed by atoms with E-state index in [9.17, 15) is 4.79 Å². The van der Waals surface area contributed by atoms with Gasteiger partial charge in [0.1, 0.15) is 6.61 Å². The highest BCUT2D eigenvalue weighted by Crippen LogP contribution is 2.11. The van der Waals surface area contributed by atoms with Gasteiger partial charge in [0.15, 0.2) is 5.76 Å². The lowest BCUT2D eigenvalue weighted by Crippen LogP contribution is -2.13. The molecule has 0 unspecified atom stereocenters. The Kier molecular flexibility index (Phi) is 2.15. The van der Waals surface area contributed by atoms with Gasteiger partial charge in [-0.05, 0) is 12.2 Å². The van der Waals surface area contributed by atoms with Crippen LogP contribution >= 0.6 is 0 Å². The van der Waals surface area contributed by atoms with E-state index >= 15 is 0 Å². The summed E-state index contributed by atoms with van der Waals surface area (Å²) in [5.41, 5.74) is 0. The minimum absolute atomic E-state index is 0.130. The Hall–Kier alpha value is -1.45. The van der Waals surface area contributed by atoms with Crippen molar-refractivity contribution in [1.29, 1.82) is 0 Å². The fraction of sp³-hybridized carbons (Fsp3) is 0.286. The van der Waals surface area contributed by atoms with Gasteiger partial charge in [-0.25, -0.2) is 4.79 Å². The molecule has 4 nitrogen and oxygen atoms in total. The summed E-state index contributed by atoms with van der Waals surface area (Å²) in [5.74, 6) is -0.982. The maximum atomic E-state index is 10.8. The van der Waals surface area contributed by atoms with Crippen LogP contribution in [-0.4, -0.2) is 24.8 Å². The molecule has 11 heavy (non-hydrogen) atoms. The Morgan fingerprint density at radius 2 is 2.55 bits per heavy atom. The molecule has 0 saturated carbocycles. The van der Waals surface area contributed by atoms with Crippen LogP contribution in [0.3, 0.4) is 0 Å². The molecule has 0 fully saturated rings. The molecule has 1 aliphatic rings. The van der Waals surface area contributed by atoms with E-state index in [1.54, 1.807) is 6.08 Å². The Morgan fingerprint density at radius 1 is 1.82 bits per heavy atom. The van der Waals surface area contributed by atoms with Crippen LogP contribution in [0, 0.1) is 0 Å². The zero-order valence-electron chi connectivity index (χ0n) is 6.03. The van der Waals surface area contributed by atoms with Gasteiger partial charge >= 0.3 is 5.97 Å². The van der Waals surface area contributed by atoms with Crippen LogP contribution in [0.4, 0.5) is 0 Å². The van der Waals surface area contributed by atoms with Gasteiger partial charge in [-0.3, -0.25) is 0 Å². The van der Waals surface area contributed by atoms with E-state index in [2.05, 4.69) is 4.74 Å². The molecule has 0 aliphatic carbocycles. The van der Waals surface area contributed by atoms with Crippen molar-refractivity contribution in [2.24, 2.45) is 0 Å². The van der Waals surface area contributed by atoms with Crippen molar-refractivity contribution in [3.63, 3.8) is 0 Å². The number of aliphatic hydroxyl groups excluding tert-OH is 1. The van der Waals surface area contributed by atoms with Gasteiger partial charge in [-0.1, -0.05) is 0 Å². The monoisotopic (exact) mass is 156 g/mol. The zero-order chi connectivity index (χ0) is 8.27. The van der Waals surface area contributed by atoms with Crippen molar-refractivity contribution >= 4 is 5.97 Å². The number of methoxy groups -OCH3 is 1. The average molecular weight is 156 g/mol. The number of hydrogen-bond acceptors (Lipinski definition) is 4. The first kappa shape index (κ1) is 7.65. The topological polar surface area (TPSA) is 55.8 Å². The Morgan fingerprint density at radius 3 is 3.09 bits per heavy atom. The van der Waals surface area contributed by atoms with E-state index in [0.717, 1.165) is 0 Å². The third kappa shape index (κ3) is 1.52. The van der Waals surface area contributed by atoms with Crippen molar-refractivity contribution in [2.75, 3.05) is 13.7 Å². The number of esters is 1. The smallest absolute Gasteiger partial charge is 0.377 e. The summed E-state index contributed by atoms with van der Waals surface area (Å²) < 4.78 is 9.16. The molecule has 4 heteroatoms. The molecule has 0 amide bonds. The van der Waals surface area contributed by atoms with Crippen LogP contribution in [-0.2, 0) is 14.3 Å². The second kappa shape index (κ2) is 3.09. The second-order valence-corrected chi connectivity index (χ2v) is 1.92. The van der Waals surface area contributed by atoms with Crippen LogP contribution in [0.5, 0.6) is 0 Å². The maximum absolute atomic E-state index is 10.8. The van der Waals surface area contributed by atoms with Crippen molar-refractivity contribution < 1.29 is 19.4 Å². The summed E-state index contributed by atoms with van der Waals surface area (Å²) in [5, 5.41) is 9.04. The summed E-state index contributed by atoms with van der Waals surface area (Å²) in [4.78, 5) is 10.8. The van der Waals surface area contributed by atoms with Gasteiger partial charge in [0.2, 0.25) is 5.76 Å². The van der Waals surface area contributed by atoms with E-state index in [1.165, 1.54) is 13.2 Å². The Labute approximate surface area is 63.7 Å². The third-order valence-electron chi connectivity index (χ3n) is 1.20. The van der Waals surface area contributed by atoms with Crippen molar-refractivity contribution in [3.8, 4) is 0 Å². The standard InChI is InChI=1S/C7H8O4/c1-10-7(9)6-5(8)3-2-4-11-6/h2-3,8H,4H2,1H3. The van der Waals surface area contributed by atoms with Gasteiger partial charge in [-0.2, -0.15) is 0 Å². The van der Waals surface area contributed by atoms with Crippen molar-refractivity contribution in [3.05, 3.63) is 23.7 Å². The molecule has 1 rings (SSSR count). The zero-order valence-corrected chi connectivity index (χ0v) is 6.03. The van der Waals surface area contributed by atoms with Gasteiger partial charge in [0.25, 0.3) is 0 Å². The lowest BCUT2D eigenvalue weighted by molar-refractivity contribution is -0.140. The first-order chi connectivity index (χ1) is 5.25. The second-order valence-electron chi connectivity index (χ2n) is 1.92. The number of allylic oxidation sites excluding steroid dienone is 1. The lowest BCUT2D eigenvalue weighted by atomic mass is 10.3. The normalized spacial score (nSPS) is 16.1. The van der Waals surface area contributed by atoms with Crippen molar-refractivity contribution in [1.82, 2.24) is 0 Å². The first-order valence-corrected chi connectivity index (χ1v) is 3.06. The number of carbonyl (C=O) groups excluding carboxylic acids is 1. The number of carbonyl (C=O) groups is 1. The van der Waals surface area contributed by atoms with Crippen LogP contribution in [0.2, 0.25) is 0 Å². The van der Waals surface area contributed by atoms with Crippen LogP contribution < -0.4 is 0 Å². The summed E-state index contributed by atoms with van der Waals surface area (Å²) in [6, 6.07) is 0. The Balaban J connectivity index is 2.83. The molecule has 0 aromatic carbocycles. The SMILES string of the molecule is COC(=O)C1=C(O)C=CCO1. The molecule has 0 radical (unpaired) electrons. The predicted molar refractivity (Wildman–Crippen MR) is 36.8 cm³/mol. The molecule has 0 bridgehead atoms. The molecule has 0 saturated heterocycles. The summed E-state index contributed by atoms with van der Waals surface area (Å²) in [7, 11) is 1.23. The minimum atomic E-state index is -0.660. The average Bonchev–Trinajstić information content (AvgIpc) is 2.04. The molecule has 1 aliphatic heterocycles. The van der Waals surface area contributed by atoms with Crippen LogP contribution in [0.25, 0.3) is 0 Å². The fourth-order valence-electron chi connectivity index (χ4n) is 0.697. The maximum Gasteiger partial charge on any atom is 0.377 e. The van der Waals surface area contributed by atoms with E-state index in [4.69, 9.17) is 9.84 Å². The Bertz CT molecular complexity index is 227. The predicted octanol–water partition coefficient (Wildman–Crippen LogP) is 0.515. The molecule has 0 spiro atoms. The highest BCUT2D eigenvalue weighted by atomic mass is 16.6. The molecular weight excluding hydrogens is 148 g/mol. The molecule has 0 aromatic rings. The molecule has 0 atom stereocenters. The number of ether oxygens (including phenoxy) is 2. The molecule has 1 heterocycles. The minimum Gasteiger partial charge on any atom is -0.504 e. The largest absolute Gasteiger partial charge is 0.504 e. The van der Waals surface area contributed by atoms with Crippen molar-refractivity contribution in [2.45, 2.75) is 0 Å². The van der Waals surface area contributed by atoms with E-state index in [-0.39, 0.29) is 18.1 Å². The first-order valence-electron chi connectivity index (χ1n) is 3.06. The van der Waals surface area contributed by atoms with Gasteiger partial charge in [0.05, 0.1) is 7.11 Å². The van der Waals surface area contributed by atoms with Gasteiger partial charge in [0, 0.05) is 0 Å². The van der Waals surface area contributed by atoms with Crippen LogP contribution in [0.1, 0.15) is 0 Å². The van der Waals surface area contributed by atoms with Gasteiger partial charge < -0.3 is 14.6 Å². The third-order valence-corrected chi connectivity index (χ3v) is 1.20. The molecular formula is C7H8O4. The number of rotatable bonds is 1. The summed E-state index contributed by atoms with van der Waals surface area (Å²) in [6.07, 6.45) is 3.00. The lowest BCUT2D eigenvalue weighted by Gasteiger charge is -2.10.